The third-order valence-corrected chi connectivity index (χ3v) is 9.55. The van der Waals surface area contributed by atoms with Gasteiger partial charge in [0.1, 0.15) is 11.3 Å². The molecule has 1 aromatic heterocycles. The summed E-state index contributed by atoms with van der Waals surface area (Å²) < 4.78 is 5.45. The van der Waals surface area contributed by atoms with Gasteiger partial charge in [-0.3, -0.25) is 29.2 Å². The molecule has 1 unspecified atom stereocenters. The molecule has 3 amide bonds. The van der Waals surface area contributed by atoms with E-state index in [2.05, 4.69) is 25.5 Å². The van der Waals surface area contributed by atoms with Crippen molar-refractivity contribution in [2.75, 3.05) is 43.1 Å². The smallest absolute Gasteiger partial charge is 0.295 e. The summed E-state index contributed by atoms with van der Waals surface area (Å²) in [5, 5.41) is 5.23. The fraction of sp³-hybridized carbons (Fsp3) is 0.263. The van der Waals surface area contributed by atoms with Crippen molar-refractivity contribution in [1.29, 1.82) is 0 Å². The summed E-state index contributed by atoms with van der Waals surface area (Å²) >= 11 is 1.27. The van der Waals surface area contributed by atoms with Crippen LogP contribution in [0.4, 0.5) is 17.1 Å². The van der Waals surface area contributed by atoms with E-state index in [0.29, 0.717) is 49.4 Å². The summed E-state index contributed by atoms with van der Waals surface area (Å²) in [5.74, 6) is -1.89. The Balaban J connectivity index is 1.11. The highest BCUT2D eigenvalue weighted by molar-refractivity contribution is 8.12. The minimum atomic E-state index is -0.755. The Bertz CT molecular complexity index is 1800. The van der Waals surface area contributed by atoms with Crippen LogP contribution in [-0.2, 0) is 25.7 Å². The summed E-state index contributed by atoms with van der Waals surface area (Å²) in [4.78, 5) is 65.2. The zero-order valence-corrected chi connectivity index (χ0v) is 28.3. The fourth-order valence-electron chi connectivity index (χ4n) is 5.88. The van der Waals surface area contributed by atoms with Gasteiger partial charge in [-0.2, -0.15) is 0 Å². The first-order valence-electron chi connectivity index (χ1n) is 16.6. The van der Waals surface area contributed by atoms with Crippen LogP contribution in [0.15, 0.2) is 108 Å². The lowest BCUT2D eigenvalue weighted by atomic mass is 10.1. The van der Waals surface area contributed by atoms with Gasteiger partial charge in [-0.1, -0.05) is 60.3 Å². The maximum Gasteiger partial charge on any atom is 0.295 e. The summed E-state index contributed by atoms with van der Waals surface area (Å²) in [7, 11) is 0. The van der Waals surface area contributed by atoms with Gasteiger partial charge < -0.3 is 25.2 Å². The number of thioether (sulfide) groups is 1. The number of Topliss-reactive ketones (excluding diaryl/α,β-unsaturated/α-hetero) is 1. The minimum Gasteiger partial charge on any atom is -0.378 e. The number of aliphatic imine (C=N–C) groups is 1. The second-order valence-electron chi connectivity index (χ2n) is 11.9. The number of ketones is 1. The van der Waals surface area contributed by atoms with Gasteiger partial charge in [-0.15, -0.1) is 0 Å². The first-order valence-corrected chi connectivity index (χ1v) is 17.5. The van der Waals surface area contributed by atoms with Crippen molar-refractivity contribution < 1.29 is 23.9 Å². The molecule has 0 radical (unpaired) electrons. The van der Waals surface area contributed by atoms with E-state index in [9.17, 15) is 19.2 Å². The number of carbonyl (C=O) groups excluding carboxylic acids is 4. The van der Waals surface area contributed by atoms with Crippen LogP contribution in [-0.4, -0.2) is 77.8 Å². The van der Waals surface area contributed by atoms with E-state index in [1.54, 1.807) is 66.3 Å². The van der Waals surface area contributed by atoms with Gasteiger partial charge in [0.25, 0.3) is 5.91 Å². The first kappa shape index (κ1) is 34.5. The lowest BCUT2D eigenvalue weighted by Crippen LogP contribution is -2.46. The van der Waals surface area contributed by atoms with E-state index in [-0.39, 0.29) is 18.4 Å². The highest BCUT2D eigenvalue weighted by atomic mass is 32.2. The summed E-state index contributed by atoms with van der Waals surface area (Å²) in [5.41, 5.74) is 5.82. The van der Waals surface area contributed by atoms with Crippen LogP contribution in [0, 0.1) is 0 Å². The number of nitrogens with zero attached hydrogens (tertiary/aromatic N) is 4. The Labute approximate surface area is 295 Å². The van der Waals surface area contributed by atoms with Crippen molar-refractivity contribution in [3.05, 3.63) is 120 Å². The molecule has 12 heteroatoms. The number of amides is 3. The second-order valence-corrected chi connectivity index (χ2v) is 12.8. The number of rotatable bonds is 12. The van der Waals surface area contributed by atoms with E-state index >= 15 is 0 Å². The summed E-state index contributed by atoms with van der Waals surface area (Å²) in [6.07, 6.45) is 2.76. The number of nitrogens with one attached hydrogen (secondary N) is 2. The minimum absolute atomic E-state index is 0.213. The molecule has 0 aliphatic carbocycles. The monoisotopic (exact) mass is 690 g/mol. The number of aromatic nitrogens is 1. The zero-order chi connectivity index (χ0) is 34.7. The molecule has 3 aromatic carbocycles. The number of benzene rings is 3. The SMILES string of the molecule is O=C(C(=O)N1CCC[C@H]1C(=O)Nc1ccc(C(SC=Nc2ccc(N3CCOCC3)cc2)C(=O)NCc2ccccn2)cc1)c1ccccc1. The predicted molar refractivity (Wildman–Crippen MR) is 195 cm³/mol. The van der Waals surface area contributed by atoms with Crippen molar-refractivity contribution in [1.82, 2.24) is 15.2 Å². The number of carbonyl (C=O) groups is 4. The highest BCUT2D eigenvalue weighted by Gasteiger charge is 2.37. The highest BCUT2D eigenvalue weighted by Crippen LogP contribution is 2.30. The summed E-state index contributed by atoms with van der Waals surface area (Å²) in [6, 6.07) is 28.1. The number of hydrogen-bond donors (Lipinski definition) is 2. The lowest BCUT2D eigenvalue weighted by Gasteiger charge is -2.28. The van der Waals surface area contributed by atoms with Gasteiger partial charge in [0, 0.05) is 42.8 Å². The average molecular weight is 691 g/mol. The van der Waals surface area contributed by atoms with E-state index in [1.807, 2.05) is 42.5 Å². The molecule has 11 nitrogen and oxygen atoms in total. The topological polar surface area (TPSA) is 133 Å². The van der Waals surface area contributed by atoms with Crippen LogP contribution in [0.2, 0.25) is 0 Å². The van der Waals surface area contributed by atoms with Gasteiger partial charge in [0.05, 0.1) is 36.7 Å². The molecule has 0 saturated carbocycles. The quantitative estimate of drug-likeness (QED) is 0.0900. The Morgan fingerprint density at radius 2 is 1.64 bits per heavy atom. The predicted octanol–water partition coefficient (Wildman–Crippen LogP) is 5.18. The second kappa shape index (κ2) is 16.9. The normalized spacial score (nSPS) is 16.6. The Hall–Kier alpha value is -5.33. The number of pyridine rings is 1. The maximum atomic E-state index is 13.5. The molecular formula is C38H38N6O5S. The Kier molecular flexibility index (Phi) is 11.6. The molecule has 0 bridgehead atoms. The molecule has 3 heterocycles. The number of anilines is 2. The first-order chi connectivity index (χ1) is 24.5. The molecule has 6 rings (SSSR count). The Morgan fingerprint density at radius 1 is 0.900 bits per heavy atom. The molecule has 2 fully saturated rings. The van der Waals surface area contributed by atoms with Crippen LogP contribution in [0.3, 0.4) is 0 Å². The zero-order valence-electron chi connectivity index (χ0n) is 27.4. The molecule has 0 spiro atoms. The van der Waals surface area contributed by atoms with E-state index in [1.165, 1.54) is 16.7 Å². The lowest BCUT2D eigenvalue weighted by molar-refractivity contribution is -0.132. The molecule has 4 aromatic rings. The molecule has 256 valence electrons. The van der Waals surface area contributed by atoms with Crippen LogP contribution >= 0.6 is 11.8 Å². The number of morpholine rings is 1. The van der Waals surface area contributed by atoms with Crippen LogP contribution < -0.4 is 15.5 Å². The van der Waals surface area contributed by atoms with Crippen molar-refractivity contribution in [2.45, 2.75) is 30.7 Å². The molecule has 2 aliphatic heterocycles. The van der Waals surface area contributed by atoms with Gasteiger partial charge in [0.2, 0.25) is 17.6 Å². The van der Waals surface area contributed by atoms with Crippen molar-refractivity contribution >= 4 is 57.9 Å². The summed E-state index contributed by atoms with van der Waals surface area (Å²) in [6.45, 7) is 3.74. The molecule has 50 heavy (non-hydrogen) atoms. The number of hydrogen-bond acceptors (Lipinski definition) is 9. The van der Waals surface area contributed by atoms with Crippen LogP contribution in [0.1, 0.15) is 39.7 Å². The van der Waals surface area contributed by atoms with Gasteiger partial charge in [-0.05, 0) is 66.9 Å². The standard InChI is InChI=1S/C38H38N6O5S/c45-34(27-7-2-1-3-8-27)38(48)44-20-6-10-33(44)36(46)42-30-13-11-28(12-14-30)35(37(47)40-25-31-9-4-5-19-39-31)50-26-41-29-15-17-32(18-16-29)43-21-23-49-24-22-43/h1-5,7-9,11-19,26,33,35H,6,10,20-25H2,(H,40,47)(H,42,46)/t33-,35?/m0/s1. The van der Waals surface area contributed by atoms with Gasteiger partial charge >= 0.3 is 0 Å². The fourth-order valence-corrected chi connectivity index (χ4v) is 6.71. The molecule has 2 aliphatic rings. The third kappa shape index (κ3) is 8.82. The van der Waals surface area contributed by atoms with Gasteiger partial charge in [0.15, 0.2) is 0 Å². The third-order valence-electron chi connectivity index (χ3n) is 8.56. The van der Waals surface area contributed by atoms with Crippen molar-refractivity contribution in [3.8, 4) is 0 Å². The van der Waals surface area contributed by atoms with E-state index in [4.69, 9.17) is 4.74 Å². The number of ether oxygens (including phenoxy) is 1. The van der Waals surface area contributed by atoms with Crippen molar-refractivity contribution in [2.24, 2.45) is 4.99 Å². The van der Waals surface area contributed by atoms with Crippen LogP contribution in [0.5, 0.6) is 0 Å². The van der Waals surface area contributed by atoms with E-state index in [0.717, 1.165) is 30.2 Å². The van der Waals surface area contributed by atoms with Gasteiger partial charge in [-0.25, -0.2) is 0 Å². The average Bonchev–Trinajstić information content (AvgIpc) is 3.67. The molecular weight excluding hydrogens is 653 g/mol. The van der Waals surface area contributed by atoms with Crippen LogP contribution in [0.25, 0.3) is 0 Å². The largest absolute Gasteiger partial charge is 0.378 e. The Morgan fingerprint density at radius 3 is 2.36 bits per heavy atom. The maximum absolute atomic E-state index is 13.5. The van der Waals surface area contributed by atoms with E-state index < -0.39 is 23.0 Å². The molecule has 2 N–H and O–H groups in total. The van der Waals surface area contributed by atoms with Crippen molar-refractivity contribution in [3.63, 3.8) is 0 Å². The molecule has 2 atom stereocenters. The number of likely N-dealkylation sites (tertiary alicyclic amines) is 1. The molecule has 2 saturated heterocycles.